The highest BCUT2D eigenvalue weighted by atomic mass is 16.4. The van der Waals surface area contributed by atoms with Crippen LogP contribution in [-0.2, 0) is 20.8 Å². The second-order valence-electron chi connectivity index (χ2n) is 4.19. The first-order valence-electron chi connectivity index (χ1n) is 5.92. The average molecular weight is 280 g/mol. The van der Waals surface area contributed by atoms with Crippen LogP contribution < -0.4 is 10.6 Å². The first-order valence-corrected chi connectivity index (χ1v) is 5.92. The molecule has 1 aromatic rings. The van der Waals surface area contributed by atoms with Gasteiger partial charge in [0.15, 0.2) is 0 Å². The van der Waals surface area contributed by atoms with E-state index in [9.17, 15) is 14.4 Å². The number of aliphatic carboxylic acids is 1. The quantitative estimate of drug-likeness (QED) is 0.512. The summed E-state index contributed by atoms with van der Waals surface area (Å²) in [6, 6.07) is 7.97. The van der Waals surface area contributed by atoms with Crippen molar-refractivity contribution in [1.82, 2.24) is 10.6 Å². The van der Waals surface area contributed by atoms with Gasteiger partial charge in [0.25, 0.3) is 0 Å². The number of amides is 2. The van der Waals surface area contributed by atoms with Gasteiger partial charge in [-0.05, 0) is 5.56 Å². The molecule has 7 nitrogen and oxygen atoms in total. The molecule has 7 heteroatoms. The maximum absolute atomic E-state index is 11.8. The molecule has 0 saturated carbocycles. The predicted molar refractivity (Wildman–Crippen MR) is 69.5 cm³/mol. The van der Waals surface area contributed by atoms with Crippen LogP contribution in [0.4, 0.5) is 0 Å². The highest BCUT2D eigenvalue weighted by molar-refractivity contribution is 5.89. The second-order valence-corrected chi connectivity index (χ2v) is 4.19. The summed E-state index contributed by atoms with van der Waals surface area (Å²) in [5.41, 5.74) is 0.797. The van der Waals surface area contributed by atoms with E-state index >= 15 is 0 Å². The number of carbonyl (C=O) groups is 3. The predicted octanol–water partition coefficient (Wildman–Crippen LogP) is -0.747. The first-order chi connectivity index (χ1) is 9.40. The summed E-state index contributed by atoms with van der Waals surface area (Å²) in [7, 11) is 0. The molecule has 0 spiro atoms. The fourth-order valence-electron chi connectivity index (χ4n) is 1.60. The number of carbonyl (C=O) groups excluding carboxylic acids is 2. The van der Waals surface area contributed by atoms with Crippen molar-refractivity contribution in [1.29, 1.82) is 0 Å². The molecule has 0 aliphatic rings. The third-order valence-corrected chi connectivity index (χ3v) is 2.49. The van der Waals surface area contributed by atoms with Crippen molar-refractivity contribution in [2.24, 2.45) is 0 Å². The van der Waals surface area contributed by atoms with Gasteiger partial charge < -0.3 is 20.8 Å². The fourth-order valence-corrected chi connectivity index (χ4v) is 1.60. The number of nitrogens with one attached hydrogen (secondary N) is 2. The van der Waals surface area contributed by atoms with Crippen molar-refractivity contribution >= 4 is 17.8 Å². The van der Waals surface area contributed by atoms with Gasteiger partial charge in [0, 0.05) is 13.3 Å². The van der Waals surface area contributed by atoms with Crippen LogP contribution in [0, 0.1) is 0 Å². The van der Waals surface area contributed by atoms with E-state index in [0.29, 0.717) is 0 Å². The van der Waals surface area contributed by atoms with Gasteiger partial charge in [0.1, 0.15) is 6.04 Å². The van der Waals surface area contributed by atoms with Gasteiger partial charge in [-0.15, -0.1) is 0 Å². The highest BCUT2D eigenvalue weighted by Crippen LogP contribution is 2.03. The molecule has 0 radical (unpaired) electrons. The number of carboxylic acid groups (broad SMARTS) is 1. The molecule has 0 unspecified atom stereocenters. The molecule has 0 aromatic heterocycles. The SMILES string of the molecule is CC(=O)N[C@H](Cc1ccccc1)C(=O)N[C@@H](O)C(=O)O. The van der Waals surface area contributed by atoms with Crippen molar-refractivity contribution in [3.63, 3.8) is 0 Å². The largest absolute Gasteiger partial charge is 0.478 e. The fraction of sp³-hybridized carbons (Fsp3) is 0.308. The van der Waals surface area contributed by atoms with E-state index < -0.39 is 30.1 Å². The molecule has 4 N–H and O–H groups in total. The number of benzene rings is 1. The van der Waals surface area contributed by atoms with Crippen LogP contribution in [-0.4, -0.2) is 40.3 Å². The van der Waals surface area contributed by atoms with Crippen molar-refractivity contribution in [2.75, 3.05) is 0 Å². The summed E-state index contributed by atoms with van der Waals surface area (Å²) in [5, 5.41) is 22.0. The minimum absolute atomic E-state index is 0.193. The van der Waals surface area contributed by atoms with Crippen LogP contribution >= 0.6 is 0 Å². The molecule has 20 heavy (non-hydrogen) atoms. The highest BCUT2D eigenvalue weighted by Gasteiger charge is 2.24. The third-order valence-electron chi connectivity index (χ3n) is 2.49. The molecule has 2 atom stereocenters. The Bertz CT molecular complexity index is 489. The number of rotatable bonds is 6. The molecule has 108 valence electrons. The Hall–Kier alpha value is -2.41. The zero-order chi connectivity index (χ0) is 15.1. The topological polar surface area (TPSA) is 116 Å². The van der Waals surface area contributed by atoms with Crippen LogP contribution in [0.25, 0.3) is 0 Å². The van der Waals surface area contributed by atoms with Gasteiger partial charge >= 0.3 is 5.97 Å². The molecule has 1 aromatic carbocycles. The van der Waals surface area contributed by atoms with Crippen molar-refractivity contribution < 1.29 is 24.6 Å². The molecular weight excluding hydrogens is 264 g/mol. The van der Waals surface area contributed by atoms with E-state index in [1.807, 2.05) is 11.4 Å². The Morgan fingerprint density at radius 2 is 1.75 bits per heavy atom. The van der Waals surface area contributed by atoms with Crippen LogP contribution in [0.2, 0.25) is 0 Å². The molecular formula is C13H16N2O5. The monoisotopic (exact) mass is 280 g/mol. The number of carboxylic acids is 1. The molecule has 0 saturated heterocycles. The van der Waals surface area contributed by atoms with Gasteiger partial charge in [0.2, 0.25) is 18.0 Å². The van der Waals surface area contributed by atoms with E-state index in [2.05, 4.69) is 5.32 Å². The Balaban J connectivity index is 2.75. The van der Waals surface area contributed by atoms with Crippen molar-refractivity contribution in [3.05, 3.63) is 35.9 Å². The number of aliphatic hydroxyl groups excluding tert-OH is 1. The molecule has 0 fully saturated rings. The normalized spacial score (nSPS) is 13.1. The zero-order valence-corrected chi connectivity index (χ0v) is 10.9. The summed E-state index contributed by atoms with van der Waals surface area (Å²) < 4.78 is 0. The Labute approximate surface area is 115 Å². The van der Waals surface area contributed by atoms with Gasteiger partial charge in [-0.1, -0.05) is 30.3 Å². The van der Waals surface area contributed by atoms with Gasteiger partial charge in [0.05, 0.1) is 0 Å². The second kappa shape index (κ2) is 7.25. The smallest absolute Gasteiger partial charge is 0.353 e. The molecule has 0 heterocycles. The standard InChI is InChI=1S/C13H16N2O5/c1-8(16)14-10(7-9-5-3-2-4-6-9)11(17)15-12(18)13(19)20/h2-6,10,12,18H,7H2,1H3,(H,14,16)(H,15,17)(H,19,20)/t10-,12+/m1/s1. The van der Waals surface area contributed by atoms with Gasteiger partial charge in [-0.25, -0.2) is 4.79 Å². The number of aliphatic hydroxyl groups is 1. The summed E-state index contributed by atoms with van der Waals surface area (Å²) in [4.78, 5) is 33.4. The first kappa shape index (κ1) is 15.6. The maximum Gasteiger partial charge on any atom is 0.353 e. The Morgan fingerprint density at radius 1 is 1.15 bits per heavy atom. The van der Waals surface area contributed by atoms with Crippen LogP contribution in [0.5, 0.6) is 0 Å². The van der Waals surface area contributed by atoms with E-state index in [-0.39, 0.29) is 6.42 Å². The molecule has 0 bridgehead atoms. The lowest BCUT2D eigenvalue weighted by molar-refractivity contribution is -0.151. The van der Waals surface area contributed by atoms with Crippen LogP contribution in [0.1, 0.15) is 12.5 Å². The van der Waals surface area contributed by atoms with Crippen LogP contribution in [0.15, 0.2) is 30.3 Å². The van der Waals surface area contributed by atoms with Gasteiger partial charge in [-0.2, -0.15) is 0 Å². The van der Waals surface area contributed by atoms with Crippen LogP contribution in [0.3, 0.4) is 0 Å². The lowest BCUT2D eigenvalue weighted by Gasteiger charge is -2.18. The number of hydrogen-bond donors (Lipinski definition) is 4. The molecule has 1 rings (SSSR count). The van der Waals surface area contributed by atoms with Crippen molar-refractivity contribution in [3.8, 4) is 0 Å². The lowest BCUT2D eigenvalue weighted by atomic mass is 10.1. The summed E-state index contributed by atoms with van der Waals surface area (Å²) in [6.07, 6.45) is -1.81. The summed E-state index contributed by atoms with van der Waals surface area (Å²) >= 11 is 0. The summed E-state index contributed by atoms with van der Waals surface area (Å²) in [5.74, 6) is -2.76. The minimum atomic E-state index is -2.01. The molecule has 0 aliphatic carbocycles. The van der Waals surface area contributed by atoms with E-state index in [4.69, 9.17) is 10.2 Å². The van der Waals surface area contributed by atoms with E-state index in [1.54, 1.807) is 24.3 Å². The maximum atomic E-state index is 11.8. The number of hydrogen-bond acceptors (Lipinski definition) is 4. The zero-order valence-electron chi connectivity index (χ0n) is 10.9. The lowest BCUT2D eigenvalue weighted by Crippen LogP contribution is -2.52. The van der Waals surface area contributed by atoms with E-state index in [0.717, 1.165) is 5.56 Å². The summed E-state index contributed by atoms with van der Waals surface area (Å²) in [6.45, 7) is 1.25. The Kier molecular flexibility index (Phi) is 5.67. The minimum Gasteiger partial charge on any atom is -0.478 e. The third kappa shape index (κ3) is 5.07. The van der Waals surface area contributed by atoms with Gasteiger partial charge in [-0.3, -0.25) is 9.59 Å². The molecule has 0 aliphatic heterocycles. The molecule has 2 amide bonds. The average Bonchev–Trinajstić information content (AvgIpc) is 2.38. The van der Waals surface area contributed by atoms with Crippen molar-refractivity contribution in [2.45, 2.75) is 25.6 Å². The van der Waals surface area contributed by atoms with E-state index in [1.165, 1.54) is 6.92 Å². The Morgan fingerprint density at radius 3 is 2.25 bits per heavy atom.